The first-order valence-corrected chi connectivity index (χ1v) is 8.31. The first kappa shape index (κ1) is 17.7. The van der Waals surface area contributed by atoms with Crippen LogP contribution in [0.4, 0.5) is 0 Å². The van der Waals surface area contributed by atoms with Gasteiger partial charge in [0.15, 0.2) is 0 Å². The molecule has 0 atom stereocenters. The van der Waals surface area contributed by atoms with Crippen molar-refractivity contribution in [3.63, 3.8) is 0 Å². The van der Waals surface area contributed by atoms with Gasteiger partial charge in [0.2, 0.25) is 5.91 Å². The molecule has 136 valence electrons. The number of rotatable bonds is 4. The molecular formula is C19H22N4O3. The van der Waals surface area contributed by atoms with Crippen LogP contribution >= 0.6 is 0 Å². The summed E-state index contributed by atoms with van der Waals surface area (Å²) in [6.07, 6.45) is 3.24. The Morgan fingerprint density at radius 1 is 1.23 bits per heavy atom. The zero-order valence-electron chi connectivity index (χ0n) is 15.3. The van der Waals surface area contributed by atoms with Gasteiger partial charge in [0.25, 0.3) is 5.56 Å². The third-order valence-corrected chi connectivity index (χ3v) is 3.80. The van der Waals surface area contributed by atoms with Gasteiger partial charge < -0.3 is 14.6 Å². The van der Waals surface area contributed by atoms with Crippen LogP contribution in [0.2, 0.25) is 0 Å². The highest BCUT2D eigenvalue weighted by molar-refractivity contribution is 5.76. The standard InChI is InChI=1S/C19H22N4O3/c1-19(2,3)20-17(24)12-22-8-9-23-16(18(22)25)11-15(21-23)13-6-5-7-14(10-13)26-4/h5-11H,12H2,1-4H3,(H,20,24). The molecule has 1 N–H and O–H groups in total. The zero-order valence-corrected chi connectivity index (χ0v) is 15.3. The number of methoxy groups -OCH3 is 1. The number of hydrogen-bond acceptors (Lipinski definition) is 4. The first-order chi connectivity index (χ1) is 12.3. The van der Waals surface area contributed by atoms with Crippen LogP contribution in [0.3, 0.4) is 0 Å². The van der Waals surface area contributed by atoms with Crippen molar-refractivity contribution >= 4 is 11.4 Å². The van der Waals surface area contributed by atoms with Crippen molar-refractivity contribution in [1.82, 2.24) is 19.5 Å². The van der Waals surface area contributed by atoms with E-state index >= 15 is 0 Å². The first-order valence-electron chi connectivity index (χ1n) is 8.31. The maximum atomic E-state index is 12.7. The second-order valence-electron chi connectivity index (χ2n) is 7.12. The molecule has 1 aromatic carbocycles. The van der Waals surface area contributed by atoms with E-state index in [1.807, 2.05) is 45.0 Å². The summed E-state index contributed by atoms with van der Waals surface area (Å²) in [5.41, 5.74) is 1.32. The monoisotopic (exact) mass is 354 g/mol. The molecule has 0 aliphatic rings. The van der Waals surface area contributed by atoms with Gasteiger partial charge in [-0.25, -0.2) is 4.52 Å². The fourth-order valence-electron chi connectivity index (χ4n) is 2.69. The fourth-order valence-corrected chi connectivity index (χ4v) is 2.69. The minimum atomic E-state index is -0.346. The molecule has 0 radical (unpaired) electrons. The summed E-state index contributed by atoms with van der Waals surface area (Å²) in [4.78, 5) is 24.8. The predicted molar refractivity (Wildman–Crippen MR) is 99.3 cm³/mol. The molecule has 0 bridgehead atoms. The lowest BCUT2D eigenvalue weighted by Gasteiger charge is -2.20. The van der Waals surface area contributed by atoms with Crippen molar-refractivity contribution in [2.75, 3.05) is 7.11 Å². The summed E-state index contributed by atoms with van der Waals surface area (Å²) in [5.74, 6) is 0.507. The molecule has 26 heavy (non-hydrogen) atoms. The number of nitrogens with one attached hydrogen (secondary N) is 1. The average molecular weight is 354 g/mol. The van der Waals surface area contributed by atoms with Crippen LogP contribution in [0.15, 0.2) is 47.5 Å². The summed E-state index contributed by atoms with van der Waals surface area (Å²) >= 11 is 0. The second kappa shape index (κ2) is 6.67. The van der Waals surface area contributed by atoms with E-state index in [2.05, 4.69) is 10.4 Å². The third-order valence-electron chi connectivity index (χ3n) is 3.80. The number of carbonyl (C=O) groups excluding carboxylic acids is 1. The number of nitrogens with zero attached hydrogens (tertiary/aromatic N) is 3. The van der Waals surface area contributed by atoms with Crippen molar-refractivity contribution in [1.29, 1.82) is 0 Å². The molecule has 0 unspecified atom stereocenters. The molecule has 2 heterocycles. The molecule has 0 spiro atoms. The Kier molecular flexibility index (Phi) is 4.54. The number of amides is 1. The molecule has 3 aromatic rings. The summed E-state index contributed by atoms with van der Waals surface area (Å²) in [6.45, 7) is 5.66. The molecule has 1 amide bonds. The quantitative estimate of drug-likeness (QED) is 0.778. The van der Waals surface area contributed by atoms with Gasteiger partial charge in [0.1, 0.15) is 17.8 Å². The Morgan fingerprint density at radius 3 is 2.69 bits per heavy atom. The predicted octanol–water partition coefficient (Wildman–Crippen LogP) is 2.09. The van der Waals surface area contributed by atoms with Gasteiger partial charge >= 0.3 is 0 Å². The van der Waals surface area contributed by atoms with Crippen molar-refractivity contribution < 1.29 is 9.53 Å². The maximum absolute atomic E-state index is 12.7. The van der Waals surface area contributed by atoms with Crippen LogP contribution < -0.4 is 15.6 Å². The topological polar surface area (TPSA) is 77.6 Å². The Morgan fingerprint density at radius 2 is 2.00 bits per heavy atom. The highest BCUT2D eigenvalue weighted by atomic mass is 16.5. The van der Waals surface area contributed by atoms with E-state index < -0.39 is 0 Å². The van der Waals surface area contributed by atoms with Crippen LogP contribution in [-0.2, 0) is 11.3 Å². The fraction of sp³-hybridized carbons (Fsp3) is 0.316. The molecule has 0 aliphatic heterocycles. The second-order valence-corrected chi connectivity index (χ2v) is 7.12. The van der Waals surface area contributed by atoms with Crippen molar-refractivity contribution in [3.05, 3.63) is 53.1 Å². The molecular weight excluding hydrogens is 332 g/mol. The molecule has 0 saturated heterocycles. The summed E-state index contributed by atoms with van der Waals surface area (Å²) in [6, 6.07) is 9.19. The Balaban J connectivity index is 1.94. The number of benzene rings is 1. The van der Waals surface area contributed by atoms with Crippen molar-refractivity contribution in [2.24, 2.45) is 0 Å². The van der Waals surface area contributed by atoms with Gasteiger partial charge in [-0.3, -0.25) is 9.59 Å². The zero-order chi connectivity index (χ0) is 18.9. The lowest BCUT2D eigenvalue weighted by atomic mass is 10.1. The van der Waals surface area contributed by atoms with Crippen molar-refractivity contribution in [2.45, 2.75) is 32.9 Å². The summed E-state index contributed by atoms with van der Waals surface area (Å²) in [5, 5.41) is 7.30. The van der Waals surface area contributed by atoms with E-state index in [0.29, 0.717) is 11.2 Å². The maximum Gasteiger partial charge on any atom is 0.277 e. The van der Waals surface area contributed by atoms with E-state index in [1.54, 1.807) is 25.6 Å². The molecule has 0 aliphatic carbocycles. The molecule has 7 nitrogen and oxygen atoms in total. The lowest BCUT2D eigenvalue weighted by molar-refractivity contribution is -0.123. The highest BCUT2D eigenvalue weighted by Gasteiger charge is 2.16. The highest BCUT2D eigenvalue weighted by Crippen LogP contribution is 2.23. The Bertz CT molecular complexity index is 1010. The molecule has 3 rings (SSSR count). The SMILES string of the molecule is COc1cccc(-c2cc3c(=O)n(CC(=O)NC(C)(C)C)ccn3n2)c1. The van der Waals surface area contributed by atoms with Crippen LogP contribution in [0, 0.1) is 0 Å². The van der Waals surface area contributed by atoms with Gasteiger partial charge in [-0.15, -0.1) is 0 Å². The van der Waals surface area contributed by atoms with Gasteiger partial charge in [-0.2, -0.15) is 5.10 Å². The summed E-state index contributed by atoms with van der Waals surface area (Å²) < 4.78 is 8.14. The van der Waals surface area contributed by atoms with Crippen LogP contribution in [-0.4, -0.2) is 32.7 Å². The minimum absolute atomic E-state index is 0.0354. The average Bonchev–Trinajstić information content (AvgIpc) is 3.01. The normalized spacial score (nSPS) is 11.5. The smallest absolute Gasteiger partial charge is 0.277 e. The van der Waals surface area contributed by atoms with Gasteiger partial charge in [0, 0.05) is 23.5 Å². The number of fused-ring (bicyclic) bond motifs is 1. The molecule has 0 saturated carbocycles. The number of hydrogen-bond donors (Lipinski definition) is 1. The minimum Gasteiger partial charge on any atom is -0.497 e. The van der Waals surface area contributed by atoms with Crippen LogP contribution in [0.5, 0.6) is 5.75 Å². The van der Waals surface area contributed by atoms with E-state index in [0.717, 1.165) is 11.3 Å². The number of carbonyl (C=O) groups is 1. The lowest BCUT2D eigenvalue weighted by Crippen LogP contribution is -2.43. The van der Waals surface area contributed by atoms with Crippen molar-refractivity contribution in [3.8, 4) is 17.0 Å². The third kappa shape index (κ3) is 3.77. The number of aromatic nitrogens is 3. The Hall–Kier alpha value is -3.09. The van der Waals surface area contributed by atoms with Gasteiger partial charge in [0.05, 0.1) is 12.8 Å². The summed E-state index contributed by atoms with van der Waals surface area (Å²) in [7, 11) is 1.60. The Labute approximate surface area is 151 Å². The van der Waals surface area contributed by atoms with E-state index in [1.165, 1.54) is 9.08 Å². The van der Waals surface area contributed by atoms with E-state index in [9.17, 15) is 9.59 Å². The van der Waals surface area contributed by atoms with Crippen LogP contribution in [0.1, 0.15) is 20.8 Å². The van der Waals surface area contributed by atoms with Gasteiger partial charge in [-0.1, -0.05) is 12.1 Å². The molecule has 7 heteroatoms. The van der Waals surface area contributed by atoms with E-state index in [-0.39, 0.29) is 23.6 Å². The van der Waals surface area contributed by atoms with E-state index in [4.69, 9.17) is 4.74 Å². The molecule has 2 aromatic heterocycles. The number of ether oxygens (including phenoxy) is 1. The molecule has 0 fully saturated rings. The van der Waals surface area contributed by atoms with Gasteiger partial charge in [-0.05, 0) is 39.0 Å². The largest absolute Gasteiger partial charge is 0.497 e. The van der Waals surface area contributed by atoms with Crippen LogP contribution in [0.25, 0.3) is 16.8 Å².